The van der Waals surface area contributed by atoms with Crippen LogP contribution in [0, 0.1) is 0 Å². The lowest BCUT2D eigenvalue weighted by Gasteiger charge is -2.08. The number of benzene rings is 2. The third-order valence-electron chi connectivity index (χ3n) is 4.00. The van der Waals surface area contributed by atoms with E-state index in [4.69, 9.17) is 0 Å². The minimum absolute atomic E-state index is 0.141. The molecule has 140 valence electrons. The number of hydrogen-bond acceptors (Lipinski definition) is 2. The van der Waals surface area contributed by atoms with E-state index in [0.29, 0.717) is 24.1 Å². The highest BCUT2D eigenvalue weighted by molar-refractivity contribution is 5.90. The van der Waals surface area contributed by atoms with Crippen molar-refractivity contribution in [3.8, 4) is 0 Å². The van der Waals surface area contributed by atoms with E-state index in [2.05, 4.69) is 10.4 Å². The van der Waals surface area contributed by atoms with Gasteiger partial charge >= 0.3 is 6.18 Å². The molecule has 0 aliphatic heterocycles. The zero-order valence-electron chi connectivity index (χ0n) is 14.4. The molecule has 4 nitrogen and oxygen atoms in total. The van der Waals surface area contributed by atoms with Crippen LogP contribution in [-0.2, 0) is 23.9 Å². The summed E-state index contributed by atoms with van der Waals surface area (Å²) in [6.07, 6.45) is -0.333. The van der Waals surface area contributed by atoms with E-state index in [1.165, 1.54) is 16.9 Å². The van der Waals surface area contributed by atoms with Gasteiger partial charge in [0.1, 0.15) is 0 Å². The number of anilines is 1. The third-order valence-corrected chi connectivity index (χ3v) is 4.00. The van der Waals surface area contributed by atoms with E-state index in [0.717, 1.165) is 17.7 Å². The Labute approximate surface area is 154 Å². The van der Waals surface area contributed by atoms with E-state index < -0.39 is 11.7 Å². The lowest BCUT2D eigenvalue weighted by atomic mass is 10.1. The first-order valence-electron chi connectivity index (χ1n) is 8.42. The van der Waals surface area contributed by atoms with Crippen molar-refractivity contribution in [2.45, 2.75) is 25.6 Å². The van der Waals surface area contributed by atoms with Gasteiger partial charge in [-0.15, -0.1) is 0 Å². The number of amides is 1. The van der Waals surface area contributed by atoms with Crippen LogP contribution in [-0.4, -0.2) is 15.7 Å². The smallest absolute Gasteiger partial charge is 0.323 e. The normalized spacial score (nSPS) is 11.4. The van der Waals surface area contributed by atoms with Gasteiger partial charge in [-0.05, 0) is 29.7 Å². The Bertz CT molecular complexity index is 904. The van der Waals surface area contributed by atoms with Crippen molar-refractivity contribution >= 4 is 11.6 Å². The molecule has 0 bridgehead atoms. The van der Waals surface area contributed by atoms with Crippen LogP contribution in [0.4, 0.5) is 18.9 Å². The summed E-state index contributed by atoms with van der Waals surface area (Å²) in [6, 6.07) is 14.8. The Kier molecular flexibility index (Phi) is 5.59. The molecular weight excluding hydrogens is 355 g/mol. The topological polar surface area (TPSA) is 46.9 Å². The van der Waals surface area contributed by atoms with Crippen molar-refractivity contribution in [3.05, 3.63) is 83.7 Å². The Balaban J connectivity index is 1.56. The summed E-state index contributed by atoms with van der Waals surface area (Å²) in [5.41, 5.74) is 1.38. The lowest BCUT2D eigenvalue weighted by Crippen LogP contribution is -2.12. The predicted octanol–water partition coefficient (Wildman–Crippen LogP) is 4.52. The molecule has 1 N–H and O–H groups in total. The predicted molar refractivity (Wildman–Crippen MR) is 96.2 cm³/mol. The highest BCUT2D eigenvalue weighted by Gasteiger charge is 2.30. The molecule has 1 amide bonds. The van der Waals surface area contributed by atoms with Gasteiger partial charge in [-0.1, -0.05) is 42.5 Å². The molecule has 0 saturated carbocycles. The zero-order chi connectivity index (χ0) is 19.3. The average molecular weight is 373 g/mol. The van der Waals surface area contributed by atoms with E-state index in [9.17, 15) is 18.0 Å². The fourth-order valence-corrected chi connectivity index (χ4v) is 2.67. The maximum atomic E-state index is 12.8. The van der Waals surface area contributed by atoms with E-state index >= 15 is 0 Å². The summed E-state index contributed by atoms with van der Waals surface area (Å²) in [5.74, 6) is -0.141. The number of carbonyl (C=O) groups excluding carboxylic acids is 1. The van der Waals surface area contributed by atoms with Crippen LogP contribution in [0.2, 0.25) is 0 Å². The van der Waals surface area contributed by atoms with Crippen molar-refractivity contribution in [1.82, 2.24) is 9.78 Å². The van der Waals surface area contributed by atoms with Crippen molar-refractivity contribution in [2.75, 3.05) is 5.32 Å². The molecule has 0 atom stereocenters. The van der Waals surface area contributed by atoms with Crippen LogP contribution in [0.25, 0.3) is 0 Å². The minimum atomic E-state index is -4.38. The SMILES string of the molecule is O=C(CCc1ccccc1)Nc1cnn(Cc2cccc(C(F)(F)F)c2)c1. The molecule has 3 rings (SSSR count). The number of aromatic nitrogens is 2. The lowest BCUT2D eigenvalue weighted by molar-refractivity contribution is -0.137. The monoisotopic (exact) mass is 373 g/mol. The highest BCUT2D eigenvalue weighted by atomic mass is 19.4. The Morgan fingerprint density at radius 1 is 1.04 bits per heavy atom. The number of alkyl halides is 3. The van der Waals surface area contributed by atoms with Gasteiger partial charge in [-0.25, -0.2) is 0 Å². The van der Waals surface area contributed by atoms with Crippen LogP contribution >= 0.6 is 0 Å². The maximum absolute atomic E-state index is 12.8. The van der Waals surface area contributed by atoms with Gasteiger partial charge in [-0.2, -0.15) is 18.3 Å². The van der Waals surface area contributed by atoms with Crippen molar-refractivity contribution in [1.29, 1.82) is 0 Å². The molecule has 7 heteroatoms. The second kappa shape index (κ2) is 8.07. The standard InChI is InChI=1S/C20H18F3N3O/c21-20(22,23)17-8-4-7-16(11-17)13-26-14-18(12-24-26)25-19(27)10-9-15-5-2-1-3-6-15/h1-8,11-12,14H,9-10,13H2,(H,25,27). The Hall–Kier alpha value is -3.09. The van der Waals surface area contributed by atoms with Gasteiger partial charge in [0.25, 0.3) is 0 Å². The number of hydrogen-bond donors (Lipinski definition) is 1. The number of nitrogens with zero attached hydrogens (tertiary/aromatic N) is 2. The number of rotatable bonds is 6. The zero-order valence-corrected chi connectivity index (χ0v) is 14.4. The van der Waals surface area contributed by atoms with Crippen LogP contribution in [0.1, 0.15) is 23.1 Å². The molecule has 0 aliphatic rings. The van der Waals surface area contributed by atoms with Crippen molar-refractivity contribution in [2.24, 2.45) is 0 Å². The summed E-state index contributed by atoms with van der Waals surface area (Å²) in [6.45, 7) is 0.184. The molecular formula is C20H18F3N3O. The van der Waals surface area contributed by atoms with Crippen LogP contribution in [0.3, 0.4) is 0 Å². The van der Waals surface area contributed by atoms with Gasteiger partial charge in [0.05, 0.1) is 24.0 Å². The van der Waals surface area contributed by atoms with Crippen molar-refractivity contribution in [3.63, 3.8) is 0 Å². The number of carbonyl (C=O) groups is 1. The molecule has 0 aliphatic carbocycles. The summed E-state index contributed by atoms with van der Waals surface area (Å²) in [5, 5.41) is 6.85. The number of nitrogens with one attached hydrogen (secondary N) is 1. The van der Waals surface area contributed by atoms with Gasteiger partial charge in [0.15, 0.2) is 0 Å². The molecule has 0 unspecified atom stereocenters. The molecule has 0 spiro atoms. The summed E-state index contributed by atoms with van der Waals surface area (Å²) in [7, 11) is 0. The first-order valence-corrected chi connectivity index (χ1v) is 8.42. The molecule has 0 radical (unpaired) electrons. The summed E-state index contributed by atoms with van der Waals surface area (Å²) < 4.78 is 39.8. The molecule has 2 aromatic carbocycles. The van der Waals surface area contributed by atoms with E-state index in [1.54, 1.807) is 12.3 Å². The number of aryl methyl sites for hydroxylation is 1. The molecule has 0 fully saturated rings. The number of halogens is 3. The van der Waals surface area contributed by atoms with Crippen LogP contribution in [0.15, 0.2) is 67.0 Å². The quantitative estimate of drug-likeness (QED) is 0.691. The largest absolute Gasteiger partial charge is 0.416 e. The first-order chi connectivity index (χ1) is 12.9. The second-order valence-electron chi connectivity index (χ2n) is 6.16. The van der Waals surface area contributed by atoms with Crippen molar-refractivity contribution < 1.29 is 18.0 Å². The van der Waals surface area contributed by atoms with Gasteiger partial charge in [-0.3, -0.25) is 9.48 Å². The van der Waals surface area contributed by atoms with Crippen LogP contribution < -0.4 is 5.32 Å². The molecule has 27 heavy (non-hydrogen) atoms. The Morgan fingerprint density at radius 2 is 1.78 bits per heavy atom. The maximum Gasteiger partial charge on any atom is 0.416 e. The Morgan fingerprint density at radius 3 is 2.52 bits per heavy atom. The molecule has 3 aromatic rings. The minimum Gasteiger partial charge on any atom is -0.323 e. The van der Waals surface area contributed by atoms with Gasteiger partial charge in [0, 0.05) is 12.6 Å². The fraction of sp³-hybridized carbons (Fsp3) is 0.200. The fourth-order valence-electron chi connectivity index (χ4n) is 2.67. The van der Waals surface area contributed by atoms with Gasteiger partial charge in [0.2, 0.25) is 5.91 Å². The average Bonchev–Trinajstić information content (AvgIpc) is 3.07. The second-order valence-corrected chi connectivity index (χ2v) is 6.16. The van der Waals surface area contributed by atoms with E-state index in [1.807, 2.05) is 30.3 Å². The first kappa shape index (κ1) is 18.7. The van der Waals surface area contributed by atoms with Gasteiger partial charge < -0.3 is 5.32 Å². The molecule has 1 aromatic heterocycles. The summed E-state index contributed by atoms with van der Waals surface area (Å²) >= 11 is 0. The highest BCUT2D eigenvalue weighted by Crippen LogP contribution is 2.29. The van der Waals surface area contributed by atoms with Crippen LogP contribution in [0.5, 0.6) is 0 Å². The molecule has 0 saturated heterocycles. The summed E-state index contributed by atoms with van der Waals surface area (Å²) in [4.78, 5) is 12.0. The molecule has 1 heterocycles. The third kappa shape index (κ3) is 5.44. The van der Waals surface area contributed by atoms with E-state index in [-0.39, 0.29) is 12.5 Å².